The number of halogens is 1. The van der Waals surface area contributed by atoms with Crippen molar-refractivity contribution >= 4 is 5.96 Å². The summed E-state index contributed by atoms with van der Waals surface area (Å²) in [6.07, 6.45) is 0. The zero-order valence-electron chi connectivity index (χ0n) is 15.3. The molecule has 2 N–H and O–H groups in total. The maximum Gasteiger partial charge on any atom is 0.231 e. The first-order valence-corrected chi connectivity index (χ1v) is 8.57. The maximum atomic E-state index is 13.1. The number of hydrogen-bond donors (Lipinski definition) is 2. The van der Waals surface area contributed by atoms with E-state index in [1.54, 1.807) is 7.05 Å². The third kappa shape index (κ3) is 4.25. The summed E-state index contributed by atoms with van der Waals surface area (Å²) in [4.78, 5) is 4.26. The smallest absolute Gasteiger partial charge is 0.231 e. The average Bonchev–Trinajstić information content (AvgIpc) is 3.10. The minimum Gasteiger partial charge on any atom is -0.454 e. The van der Waals surface area contributed by atoms with Crippen LogP contribution in [0.2, 0.25) is 0 Å². The number of ether oxygens (including phenoxy) is 2. The number of benzene rings is 2. The molecule has 6 heteroatoms. The average molecular weight is 357 g/mol. The van der Waals surface area contributed by atoms with Crippen molar-refractivity contribution < 1.29 is 13.9 Å². The maximum absolute atomic E-state index is 13.1. The van der Waals surface area contributed by atoms with Crippen LogP contribution in [0.15, 0.2) is 47.5 Å². The SMILES string of the molecule is CN=C(NCc1ccc2c(c1)OCO2)NCC(C)(C)c1ccc(F)cc1. The van der Waals surface area contributed by atoms with Gasteiger partial charge in [-0.2, -0.15) is 0 Å². The number of aliphatic imine (C=N–C) groups is 1. The summed E-state index contributed by atoms with van der Waals surface area (Å²) in [6, 6.07) is 12.5. The zero-order chi connectivity index (χ0) is 18.6. The zero-order valence-corrected chi connectivity index (χ0v) is 15.3. The molecule has 138 valence electrons. The first-order valence-electron chi connectivity index (χ1n) is 8.57. The van der Waals surface area contributed by atoms with Crippen LogP contribution in [0.5, 0.6) is 11.5 Å². The third-order valence-electron chi connectivity index (χ3n) is 4.44. The largest absolute Gasteiger partial charge is 0.454 e. The lowest BCUT2D eigenvalue weighted by Crippen LogP contribution is -2.43. The summed E-state index contributed by atoms with van der Waals surface area (Å²) in [5.74, 6) is 2.03. The predicted octanol–water partition coefficient (Wildman–Crippen LogP) is 3.20. The van der Waals surface area contributed by atoms with Crippen molar-refractivity contribution in [1.29, 1.82) is 0 Å². The minimum atomic E-state index is -0.223. The Morgan fingerprint density at radius 3 is 2.54 bits per heavy atom. The molecule has 1 aliphatic rings. The van der Waals surface area contributed by atoms with E-state index in [-0.39, 0.29) is 18.0 Å². The summed E-state index contributed by atoms with van der Waals surface area (Å²) in [7, 11) is 1.74. The molecule has 3 rings (SSSR count). The van der Waals surface area contributed by atoms with Gasteiger partial charge in [0.25, 0.3) is 0 Å². The van der Waals surface area contributed by atoms with Gasteiger partial charge in [-0.15, -0.1) is 0 Å². The van der Waals surface area contributed by atoms with E-state index < -0.39 is 0 Å². The first-order chi connectivity index (χ1) is 12.5. The molecule has 5 nitrogen and oxygen atoms in total. The Hall–Kier alpha value is -2.76. The summed E-state index contributed by atoms with van der Waals surface area (Å²) in [5, 5.41) is 6.63. The molecule has 0 aliphatic carbocycles. The van der Waals surface area contributed by atoms with Crippen LogP contribution in [0, 0.1) is 5.82 Å². The Labute approximate surface area is 153 Å². The second kappa shape index (κ2) is 7.64. The van der Waals surface area contributed by atoms with Crippen LogP contribution in [0.4, 0.5) is 4.39 Å². The molecule has 0 fully saturated rings. The van der Waals surface area contributed by atoms with Gasteiger partial charge in [0.15, 0.2) is 17.5 Å². The van der Waals surface area contributed by atoms with E-state index in [1.165, 1.54) is 12.1 Å². The Kier molecular flexibility index (Phi) is 5.30. The van der Waals surface area contributed by atoms with E-state index in [1.807, 2.05) is 30.3 Å². The van der Waals surface area contributed by atoms with Crippen LogP contribution in [0.1, 0.15) is 25.0 Å². The predicted molar refractivity (Wildman–Crippen MR) is 100 cm³/mol. The number of nitrogens with one attached hydrogen (secondary N) is 2. The highest BCUT2D eigenvalue weighted by Gasteiger charge is 2.21. The number of guanidine groups is 1. The van der Waals surface area contributed by atoms with Crippen LogP contribution in [-0.2, 0) is 12.0 Å². The highest BCUT2D eigenvalue weighted by atomic mass is 19.1. The van der Waals surface area contributed by atoms with Gasteiger partial charge in [-0.25, -0.2) is 4.39 Å². The lowest BCUT2D eigenvalue weighted by molar-refractivity contribution is 0.174. The molecule has 1 heterocycles. The molecule has 0 aromatic heterocycles. The van der Waals surface area contributed by atoms with E-state index in [0.29, 0.717) is 19.0 Å². The standard InChI is InChI=1S/C20H24FN3O2/c1-20(2,15-5-7-16(21)8-6-15)12-24-19(22-3)23-11-14-4-9-17-18(10-14)26-13-25-17/h4-10H,11-13H2,1-3H3,(H2,22,23,24). The molecule has 0 atom stereocenters. The molecule has 0 amide bonds. The van der Waals surface area contributed by atoms with Crippen LogP contribution in [0.25, 0.3) is 0 Å². The van der Waals surface area contributed by atoms with Gasteiger partial charge in [0.05, 0.1) is 0 Å². The van der Waals surface area contributed by atoms with Crippen LogP contribution in [-0.4, -0.2) is 26.3 Å². The number of hydrogen-bond acceptors (Lipinski definition) is 3. The molecule has 0 bridgehead atoms. The molecule has 1 aliphatic heterocycles. The van der Waals surface area contributed by atoms with Crippen molar-refractivity contribution in [2.75, 3.05) is 20.4 Å². The van der Waals surface area contributed by atoms with Crippen molar-refractivity contribution in [3.05, 3.63) is 59.4 Å². The number of rotatable bonds is 5. The molecule has 0 spiro atoms. The highest BCUT2D eigenvalue weighted by molar-refractivity contribution is 5.79. The lowest BCUT2D eigenvalue weighted by atomic mass is 9.84. The molecule has 0 saturated carbocycles. The van der Waals surface area contributed by atoms with Crippen molar-refractivity contribution in [2.45, 2.75) is 25.8 Å². The molecular weight excluding hydrogens is 333 g/mol. The van der Waals surface area contributed by atoms with Crippen molar-refractivity contribution in [3.8, 4) is 11.5 Å². The monoisotopic (exact) mass is 357 g/mol. The quantitative estimate of drug-likeness (QED) is 0.637. The van der Waals surface area contributed by atoms with Gasteiger partial charge in [0.1, 0.15) is 5.82 Å². The Morgan fingerprint density at radius 1 is 1.08 bits per heavy atom. The highest BCUT2D eigenvalue weighted by Crippen LogP contribution is 2.32. The van der Waals surface area contributed by atoms with E-state index >= 15 is 0 Å². The van der Waals surface area contributed by atoms with Gasteiger partial charge in [0.2, 0.25) is 6.79 Å². The van der Waals surface area contributed by atoms with Gasteiger partial charge in [-0.3, -0.25) is 4.99 Å². The van der Waals surface area contributed by atoms with Crippen LogP contribution < -0.4 is 20.1 Å². The first kappa shape index (κ1) is 18.0. The fourth-order valence-electron chi connectivity index (χ4n) is 2.77. The number of fused-ring (bicyclic) bond motifs is 1. The molecule has 0 radical (unpaired) electrons. The Bertz CT molecular complexity index is 788. The summed E-state index contributed by atoms with van der Waals surface area (Å²) in [5.41, 5.74) is 1.98. The third-order valence-corrected chi connectivity index (χ3v) is 4.44. The van der Waals surface area contributed by atoms with Gasteiger partial charge in [-0.05, 0) is 35.4 Å². The fraction of sp³-hybridized carbons (Fsp3) is 0.350. The Balaban J connectivity index is 1.55. The second-order valence-electron chi connectivity index (χ2n) is 6.86. The summed E-state index contributed by atoms with van der Waals surface area (Å²) < 4.78 is 23.8. The molecular formula is C20H24FN3O2. The van der Waals surface area contributed by atoms with E-state index in [4.69, 9.17) is 9.47 Å². The van der Waals surface area contributed by atoms with Crippen molar-refractivity contribution in [2.24, 2.45) is 4.99 Å². The Morgan fingerprint density at radius 2 is 1.81 bits per heavy atom. The van der Waals surface area contributed by atoms with E-state index in [2.05, 4.69) is 29.5 Å². The van der Waals surface area contributed by atoms with E-state index in [9.17, 15) is 4.39 Å². The molecule has 2 aromatic rings. The van der Waals surface area contributed by atoms with E-state index in [0.717, 1.165) is 22.6 Å². The lowest BCUT2D eigenvalue weighted by Gasteiger charge is -2.26. The fourth-order valence-corrected chi connectivity index (χ4v) is 2.77. The summed E-state index contributed by atoms with van der Waals surface area (Å²) in [6.45, 7) is 5.78. The molecule has 2 aromatic carbocycles. The minimum absolute atomic E-state index is 0.163. The van der Waals surface area contributed by atoms with Gasteiger partial charge < -0.3 is 20.1 Å². The molecule has 0 unspecified atom stereocenters. The topological polar surface area (TPSA) is 54.9 Å². The van der Waals surface area contributed by atoms with Gasteiger partial charge in [-0.1, -0.05) is 32.0 Å². The van der Waals surface area contributed by atoms with Gasteiger partial charge in [0, 0.05) is 25.6 Å². The normalized spacial score (nSPS) is 13.6. The van der Waals surface area contributed by atoms with Gasteiger partial charge >= 0.3 is 0 Å². The molecule has 26 heavy (non-hydrogen) atoms. The summed E-state index contributed by atoms with van der Waals surface area (Å²) >= 11 is 0. The molecule has 0 saturated heterocycles. The second-order valence-corrected chi connectivity index (χ2v) is 6.86. The van der Waals surface area contributed by atoms with Crippen LogP contribution in [0.3, 0.4) is 0 Å². The number of nitrogens with zero attached hydrogens (tertiary/aromatic N) is 1. The van der Waals surface area contributed by atoms with Crippen molar-refractivity contribution in [1.82, 2.24) is 10.6 Å². The van der Waals surface area contributed by atoms with Crippen LogP contribution >= 0.6 is 0 Å². The van der Waals surface area contributed by atoms with Crippen molar-refractivity contribution in [3.63, 3.8) is 0 Å².